The highest BCUT2D eigenvalue weighted by Crippen LogP contribution is 2.35. The van der Waals surface area contributed by atoms with Gasteiger partial charge in [0.15, 0.2) is 6.29 Å². The van der Waals surface area contributed by atoms with Gasteiger partial charge in [-0.25, -0.2) is 0 Å². The Labute approximate surface area is 151 Å². The Hall–Kier alpha value is -1.17. The van der Waals surface area contributed by atoms with Gasteiger partial charge in [-0.15, -0.1) is 0 Å². The molecule has 1 aromatic heterocycles. The van der Waals surface area contributed by atoms with Crippen LogP contribution in [-0.4, -0.2) is 29.1 Å². The van der Waals surface area contributed by atoms with E-state index < -0.39 is 6.10 Å². The van der Waals surface area contributed by atoms with E-state index in [9.17, 15) is 5.11 Å². The predicted octanol–water partition coefficient (Wildman–Crippen LogP) is 4.19. The molecule has 2 aromatic rings. The molecule has 1 aliphatic rings. The fourth-order valence-electron chi connectivity index (χ4n) is 2.76. The molecule has 3 atom stereocenters. The number of aliphatic hydroxyl groups is 1. The van der Waals surface area contributed by atoms with Gasteiger partial charge in [0.05, 0.1) is 28.9 Å². The summed E-state index contributed by atoms with van der Waals surface area (Å²) in [6, 6.07) is 9.30. The van der Waals surface area contributed by atoms with Gasteiger partial charge in [-0.2, -0.15) is 0 Å². The summed E-state index contributed by atoms with van der Waals surface area (Å²) in [5.74, 6) is 0. The molecular formula is C18H19Cl2NO3. The van der Waals surface area contributed by atoms with E-state index in [1.165, 1.54) is 0 Å². The largest absolute Gasteiger partial charge is 0.390 e. The van der Waals surface area contributed by atoms with Crippen LogP contribution in [-0.2, 0) is 15.9 Å². The minimum absolute atomic E-state index is 0.0553. The van der Waals surface area contributed by atoms with Crippen molar-refractivity contribution in [3.8, 4) is 0 Å². The summed E-state index contributed by atoms with van der Waals surface area (Å²) in [6.45, 7) is 0.230. The Morgan fingerprint density at radius 2 is 2.12 bits per heavy atom. The molecule has 0 spiro atoms. The van der Waals surface area contributed by atoms with Gasteiger partial charge < -0.3 is 14.6 Å². The molecule has 0 saturated carbocycles. The number of halogens is 2. The molecular weight excluding hydrogens is 349 g/mol. The van der Waals surface area contributed by atoms with Crippen LogP contribution in [0.2, 0.25) is 10.0 Å². The van der Waals surface area contributed by atoms with E-state index in [0.717, 1.165) is 24.0 Å². The maximum Gasteiger partial charge on any atom is 0.158 e. The van der Waals surface area contributed by atoms with Gasteiger partial charge in [0, 0.05) is 25.2 Å². The molecule has 1 aliphatic heterocycles. The molecule has 128 valence electrons. The smallest absolute Gasteiger partial charge is 0.158 e. The molecule has 24 heavy (non-hydrogen) atoms. The van der Waals surface area contributed by atoms with Crippen molar-refractivity contribution >= 4 is 23.2 Å². The van der Waals surface area contributed by atoms with Gasteiger partial charge in [-0.1, -0.05) is 35.3 Å². The Balaban J connectivity index is 1.46. The van der Waals surface area contributed by atoms with Crippen molar-refractivity contribution in [2.75, 3.05) is 6.61 Å². The first-order chi connectivity index (χ1) is 11.6. The van der Waals surface area contributed by atoms with E-state index in [1.807, 2.05) is 24.3 Å². The van der Waals surface area contributed by atoms with Gasteiger partial charge >= 0.3 is 0 Å². The quantitative estimate of drug-likeness (QED) is 0.831. The Kier molecular flexibility index (Phi) is 6.09. The number of aromatic nitrogens is 1. The number of hydrogen-bond donors (Lipinski definition) is 1. The average molecular weight is 368 g/mol. The molecule has 0 bridgehead atoms. The van der Waals surface area contributed by atoms with E-state index in [1.54, 1.807) is 18.5 Å². The maximum absolute atomic E-state index is 10.1. The highest BCUT2D eigenvalue weighted by atomic mass is 35.5. The molecule has 3 rings (SSSR count). The molecule has 3 unspecified atom stereocenters. The van der Waals surface area contributed by atoms with Gasteiger partial charge in [0.25, 0.3) is 0 Å². The number of ether oxygens (including phenoxy) is 2. The number of benzene rings is 1. The molecule has 6 heteroatoms. The lowest BCUT2D eigenvalue weighted by atomic mass is 10.1. The summed E-state index contributed by atoms with van der Waals surface area (Å²) in [6.07, 6.45) is 4.65. The van der Waals surface area contributed by atoms with Crippen LogP contribution in [0.1, 0.15) is 30.1 Å². The third-order valence-electron chi connectivity index (χ3n) is 3.96. The fraction of sp³-hybridized carbons (Fsp3) is 0.389. The molecule has 0 amide bonds. The van der Waals surface area contributed by atoms with E-state index in [0.29, 0.717) is 16.5 Å². The van der Waals surface area contributed by atoms with Gasteiger partial charge in [0.1, 0.15) is 0 Å². The number of pyridine rings is 1. The van der Waals surface area contributed by atoms with E-state index in [4.69, 9.17) is 32.7 Å². The molecule has 1 fully saturated rings. The lowest BCUT2D eigenvalue weighted by Gasteiger charge is -2.17. The third-order valence-corrected chi connectivity index (χ3v) is 4.70. The number of nitrogens with zero attached hydrogens (tertiary/aromatic N) is 1. The lowest BCUT2D eigenvalue weighted by Crippen LogP contribution is -2.23. The second-order valence-electron chi connectivity index (χ2n) is 5.86. The van der Waals surface area contributed by atoms with Crippen LogP contribution in [0.15, 0.2) is 42.7 Å². The SMILES string of the molecule is OC(COC1CCC(c2ccc(Cl)c(Cl)c2)O1)Cc1cccnc1. The van der Waals surface area contributed by atoms with Crippen LogP contribution in [0.3, 0.4) is 0 Å². The van der Waals surface area contributed by atoms with E-state index >= 15 is 0 Å². The molecule has 1 aromatic carbocycles. The third kappa shape index (κ3) is 4.68. The van der Waals surface area contributed by atoms with Crippen LogP contribution in [0.5, 0.6) is 0 Å². The highest BCUT2D eigenvalue weighted by molar-refractivity contribution is 6.42. The number of rotatable bonds is 6. The summed E-state index contributed by atoms with van der Waals surface area (Å²) < 4.78 is 11.6. The average Bonchev–Trinajstić information content (AvgIpc) is 3.05. The predicted molar refractivity (Wildman–Crippen MR) is 93.2 cm³/mol. The monoisotopic (exact) mass is 367 g/mol. The van der Waals surface area contributed by atoms with Gasteiger partial charge in [-0.3, -0.25) is 4.98 Å². The first kappa shape index (κ1) is 17.6. The molecule has 0 aliphatic carbocycles. The van der Waals surface area contributed by atoms with Crippen LogP contribution in [0.25, 0.3) is 0 Å². The van der Waals surface area contributed by atoms with Crippen LogP contribution in [0, 0.1) is 0 Å². The lowest BCUT2D eigenvalue weighted by molar-refractivity contribution is -0.149. The molecule has 2 heterocycles. The normalized spacial score (nSPS) is 21.8. The summed E-state index contributed by atoms with van der Waals surface area (Å²) in [4.78, 5) is 4.04. The van der Waals surface area contributed by atoms with Crippen LogP contribution in [0.4, 0.5) is 0 Å². The maximum atomic E-state index is 10.1. The zero-order valence-electron chi connectivity index (χ0n) is 13.1. The van der Waals surface area contributed by atoms with Gasteiger partial charge in [-0.05, 0) is 35.7 Å². The number of aliphatic hydroxyl groups excluding tert-OH is 1. The minimum Gasteiger partial charge on any atom is -0.390 e. The highest BCUT2D eigenvalue weighted by Gasteiger charge is 2.28. The van der Waals surface area contributed by atoms with Crippen molar-refractivity contribution in [3.05, 3.63) is 63.9 Å². The van der Waals surface area contributed by atoms with E-state index in [2.05, 4.69) is 4.98 Å². The van der Waals surface area contributed by atoms with Crippen molar-refractivity contribution in [1.29, 1.82) is 0 Å². The molecule has 0 radical (unpaired) electrons. The fourth-order valence-corrected chi connectivity index (χ4v) is 3.06. The summed E-state index contributed by atoms with van der Waals surface area (Å²) in [5.41, 5.74) is 1.97. The van der Waals surface area contributed by atoms with Crippen LogP contribution >= 0.6 is 23.2 Å². The van der Waals surface area contributed by atoms with Crippen molar-refractivity contribution in [3.63, 3.8) is 0 Å². The summed E-state index contributed by atoms with van der Waals surface area (Å²) in [7, 11) is 0. The van der Waals surface area contributed by atoms with Gasteiger partial charge in [0.2, 0.25) is 0 Å². The second-order valence-corrected chi connectivity index (χ2v) is 6.67. The van der Waals surface area contributed by atoms with Crippen molar-refractivity contribution in [1.82, 2.24) is 4.98 Å². The minimum atomic E-state index is -0.582. The zero-order chi connectivity index (χ0) is 16.9. The van der Waals surface area contributed by atoms with Crippen LogP contribution < -0.4 is 0 Å². The Morgan fingerprint density at radius 1 is 1.25 bits per heavy atom. The number of hydrogen-bond acceptors (Lipinski definition) is 4. The molecule has 4 nitrogen and oxygen atoms in total. The topological polar surface area (TPSA) is 51.6 Å². The molecule has 1 saturated heterocycles. The Bertz CT molecular complexity index is 669. The van der Waals surface area contributed by atoms with Crippen molar-refractivity contribution < 1.29 is 14.6 Å². The Morgan fingerprint density at radius 3 is 2.88 bits per heavy atom. The van der Waals surface area contributed by atoms with Crippen molar-refractivity contribution in [2.24, 2.45) is 0 Å². The zero-order valence-corrected chi connectivity index (χ0v) is 14.6. The summed E-state index contributed by atoms with van der Waals surface area (Å²) in [5, 5.41) is 11.1. The van der Waals surface area contributed by atoms with Crippen molar-refractivity contribution in [2.45, 2.75) is 37.8 Å². The summed E-state index contributed by atoms with van der Waals surface area (Å²) >= 11 is 12.0. The first-order valence-electron chi connectivity index (χ1n) is 7.91. The first-order valence-corrected chi connectivity index (χ1v) is 8.66. The molecule has 1 N–H and O–H groups in total. The standard InChI is InChI=1S/C18H19Cl2NO3/c19-15-4-3-13(9-16(15)20)17-5-6-18(24-17)23-11-14(22)8-12-2-1-7-21-10-12/h1-4,7,9-10,14,17-18,22H,5-6,8,11H2. The second kappa shape index (κ2) is 8.28. The van der Waals surface area contributed by atoms with E-state index in [-0.39, 0.29) is 19.0 Å².